The van der Waals surface area contributed by atoms with Gasteiger partial charge < -0.3 is 32.4 Å². The molecule has 0 saturated carbocycles. The molecule has 8 N–H and O–H groups in total. The summed E-state index contributed by atoms with van der Waals surface area (Å²) in [6.45, 7) is 4.55. The van der Waals surface area contributed by atoms with Crippen LogP contribution >= 0.6 is 0 Å². The van der Waals surface area contributed by atoms with Gasteiger partial charge in [-0.2, -0.15) is 0 Å². The van der Waals surface area contributed by atoms with Crippen molar-refractivity contribution < 1.29 is 9.47 Å². The summed E-state index contributed by atoms with van der Waals surface area (Å²) in [5, 5.41) is 0. The SMILES string of the molecule is NCCCCCCCN=C(N)c1ccc(OCCCCCCCOc2ccc(C(N)=NCCCCCCCN)cc2)cc1. The lowest BCUT2D eigenvalue weighted by atomic mass is 10.1. The molecule has 0 aliphatic heterocycles. The average Bonchev–Trinajstić information content (AvgIpc) is 3.03. The smallest absolute Gasteiger partial charge is 0.125 e. The normalized spacial score (nSPS) is 12.0. The molecule has 0 fully saturated rings. The Balaban J connectivity index is 1.49. The van der Waals surface area contributed by atoms with Gasteiger partial charge in [-0.05, 0) is 100 Å². The predicted octanol–water partition coefficient (Wildman–Crippen LogP) is 6.32. The van der Waals surface area contributed by atoms with Gasteiger partial charge in [0.15, 0.2) is 0 Å². The molecule has 0 amide bonds. The molecular formula is C35H58N6O2. The molecule has 0 spiro atoms. The highest BCUT2D eigenvalue weighted by Crippen LogP contribution is 2.15. The summed E-state index contributed by atoms with van der Waals surface area (Å²) in [6, 6.07) is 15.8. The fourth-order valence-electron chi connectivity index (χ4n) is 4.71. The number of rotatable bonds is 26. The number of ether oxygens (including phenoxy) is 2. The standard InChI is InChI=1S/C35H58N6O2/c36-24-10-4-1-6-12-26-40-34(38)30-16-20-32(21-17-30)42-28-14-8-3-9-15-29-43-33-22-18-31(19-23-33)35(39)41-27-13-7-2-5-11-25-37/h16-23H,1-15,24-29,36-37H2,(H2,38,40)(H2,39,41). The van der Waals surface area contributed by atoms with E-state index >= 15 is 0 Å². The molecule has 0 aliphatic carbocycles. The van der Waals surface area contributed by atoms with E-state index in [2.05, 4.69) is 9.98 Å². The minimum Gasteiger partial charge on any atom is -0.494 e. The fourth-order valence-corrected chi connectivity index (χ4v) is 4.71. The van der Waals surface area contributed by atoms with Crippen molar-refractivity contribution in [3.8, 4) is 11.5 Å². The van der Waals surface area contributed by atoms with Crippen LogP contribution in [0.4, 0.5) is 0 Å². The van der Waals surface area contributed by atoms with Gasteiger partial charge in [0.1, 0.15) is 23.2 Å². The fraction of sp³-hybridized carbons (Fsp3) is 0.600. The largest absolute Gasteiger partial charge is 0.494 e. The quantitative estimate of drug-likeness (QED) is 0.0569. The Kier molecular flexibility index (Phi) is 20.4. The minimum atomic E-state index is 0.597. The van der Waals surface area contributed by atoms with Crippen molar-refractivity contribution in [3.63, 3.8) is 0 Å². The van der Waals surface area contributed by atoms with E-state index in [0.717, 1.165) is 113 Å². The second-order valence-electron chi connectivity index (χ2n) is 11.2. The number of benzene rings is 2. The van der Waals surface area contributed by atoms with Crippen LogP contribution in [-0.4, -0.2) is 51.1 Å². The molecule has 0 bridgehead atoms. The predicted molar refractivity (Wildman–Crippen MR) is 182 cm³/mol. The van der Waals surface area contributed by atoms with E-state index in [-0.39, 0.29) is 0 Å². The van der Waals surface area contributed by atoms with Crippen LogP contribution < -0.4 is 32.4 Å². The summed E-state index contributed by atoms with van der Waals surface area (Å²) in [7, 11) is 0. The highest BCUT2D eigenvalue weighted by Gasteiger charge is 2.02. The lowest BCUT2D eigenvalue weighted by Crippen LogP contribution is -2.14. The summed E-state index contributed by atoms with van der Waals surface area (Å²) >= 11 is 0. The van der Waals surface area contributed by atoms with Crippen LogP contribution in [0.25, 0.3) is 0 Å². The molecule has 0 aromatic heterocycles. The zero-order chi connectivity index (χ0) is 30.8. The van der Waals surface area contributed by atoms with Crippen molar-refractivity contribution in [1.82, 2.24) is 0 Å². The van der Waals surface area contributed by atoms with E-state index in [9.17, 15) is 0 Å². The van der Waals surface area contributed by atoms with Gasteiger partial charge in [-0.3, -0.25) is 9.98 Å². The Morgan fingerprint density at radius 3 is 1.14 bits per heavy atom. The van der Waals surface area contributed by atoms with E-state index < -0.39 is 0 Å². The molecule has 2 aromatic carbocycles. The maximum atomic E-state index is 6.15. The first-order chi connectivity index (χ1) is 21.1. The van der Waals surface area contributed by atoms with Crippen molar-refractivity contribution in [2.45, 2.75) is 96.3 Å². The summed E-state index contributed by atoms with van der Waals surface area (Å²) in [6.07, 6.45) is 17.1. The van der Waals surface area contributed by atoms with Crippen molar-refractivity contribution in [3.05, 3.63) is 59.7 Å². The van der Waals surface area contributed by atoms with E-state index in [4.69, 9.17) is 32.4 Å². The Morgan fingerprint density at radius 1 is 0.442 bits per heavy atom. The zero-order valence-corrected chi connectivity index (χ0v) is 26.5. The first-order valence-corrected chi connectivity index (χ1v) is 16.6. The molecule has 0 saturated heterocycles. The molecule has 0 aliphatic rings. The maximum absolute atomic E-state index is 6.15. The highest BCUT2D eigenvalue weighted by molar-refractivity contribution is 5.98. The van der Waals surface area contributed by atoms with Crippen LogP contribution in [0.15, 0.2) is 58.5 Å². The number of hydrogen-bond acceptors (Lipinski definition) is 6. The molecule has 8 nitrogen and oxygen atoms in total. The number of aliphatic imine (C=N–C) groups is 2. The van der Waals surface area contributed by atoms with Crippen LogP contribution in [-0.2, 0) is 0 Å². The third kappa shape index (κ3) is 17.6. The van der Waals surface area contributed by atoms with Crippen molar-refractivity contribution in [1.29, 1.82) is 0 Å². The number of unbranched alkanes of at least 4 members (excludes halogenated alkanes) is 12. The molecule has 0 heterocycles. The second kappa shape index (κ2) is 24.4. The van der Waals surface area contributed by atoms with Crippen molar-refractivity contribution >= 4 is 11.7 Å². The Hall–Kier alpha value is -3.10. The Morgan fingerprint density at radius 2 is 0.767 bits per heavy atom. The van der Waals surface area contributed by atoms with Crippen LogP contribution in [0.3, 0.4) is 0 Å². The maximum Gasteiger partial charge on any atom is 0.125 e. The number of amidine groups is 2. The van der Waals surface area contributed by atoms with Crippen LogP contribution in [0.5, 0.6) is 11.5 Å². The van der Waals surface area contributed by atoms with E-state index in [1.165, 1.54) is 44.9 Å². The van der Waals surface area contributed by atoms with Crippen molar-refractivity contribution in [2.24, 2.45) is 32.9 Å². The van der Waals surface area contributed by atoms with Gasteiger partial charge in [0.2, 0.25) is 0 Å². The van der Waals surface area contributed by atoms with Crippen molar-refractivity contribution in [2.75, 3.05) is 39.4 Å². The molecule has 240 valence electrons. The van der Waals surface area contributed by atoms with E-state index in [1.807, 2.05) is 48.5 Å². The lowest BCUT2D eigenvalue weighted by molar-refractivity contribution is 0.293. The van der Waals surface area contributed by atoms with Gasteiger partial charge in [0, 0.05) is 24.2 Å². The summed E-state index contributed by atoms with van der Waals surface area (Å²) in [5.74, 6) is 2.94. The van der Waals surface area contributed by atoms with Gasteiger partial charge in [-0.25, -0.2) is 0 Å². The van der Waals surface area contributed by atoms with Crippen LogP contribution in [0.2, 0.25) is 0 Å². The molecular weight excluding hydrogens is 536 g/mol. The van der Waals surface area contributed by atoms with Gasteiger partial charge in [-0.1, -0.05) is 57.8 Å². The molecule has 2 aromatic rings. The first kappa shape index (κ1) is 36.1. The third-order valence-corrected chi connectivity index (χ3v) is 7.42. The van der Waals surface area contributed by atoms with E-state index in [1.54, 1.807) is 0 Å². The molecule has 0 radical (unpaired) electrons. The molecule has 2 rings (SSSR count). The van der Waals surface area contributed by atoms with Gasteiger partial charge in [0.05, 0.1) is 13.2 Å². The molecule has 43 heavy (non-hydrogen) atoms. The summed E-state index contributed by atoms with van der Waals surface area (Å²) in [4.78, 5) is 9.03. The molecule has 0 atom stereocenters. The summed E-state index contributed by atoms with van der Waals surface area (Å²) in [5.41, 5.74) is 25.3. The van der Waals surface area contributed by atoms with Crippen LogP contribution in [0, 0.1) is 0 Å². The van der Waals surface area contributed by atoms with Gasteiger partial charge >= 0.3 is 0 Å². The topological polar surface area (TPSA) is 147 Å². The zero-order valence-electron chi connectivity index (χ0n) is 26.5. The lowest BCUT2D eigenvalue weighted by Gasteiger charge is -2.08. The Bertz CT molecular complexity index is 926. The van der Waals surface area contributed by atoms with Gasteiger partial charge in [0.25, 0.3) is 0 Å². The first-order valence-electron chi connectivity index (χ1n) is 16.6. The van der Waals surface area contributed by atoms with Gasteiger partial charge in [-0.15, -0.1) is 0 Å². The number of nitrogens with two attached hydrogens (primary N) is 4. The monoisotopic (exact) mass is 594 g/mol. The minimum absolute atomic E-state index is 0.597. The molecule has 8 heteroatoms. The number of hydrogen-bond donors (Lipinski definition) is 4. The average molecular weight is 595 g/mol. The van der Waals surface area contributed by atoms with E-state index in [0.29, 0.717) is 11.7 Å². The molecule has 0 unspecified atom stereocenters. The van der Waals surface area contributed by atoms with Crippen LogP contribution in [0.1, 0.15) is 107 Å². The second-order valence-corrected chi connectivity index (χ2v) is 11.2. The number of nitrogens with zero attached hydrogens (tertiary/aromatic N) is 2. The third-order valence-electron chi connectivity index (χ3n) is 7.42. The summed E-state index contributed by atoms with van der Waals surface area (Å²) < 4.78 is 11.8. The Labute approximate surface area is 260 Å². The highest BCUT2D eigenvalue weighted by atomic mass is 16.5.